The predicted molar refractivity (Wildman–Crippen MR) is 117 cm³/mol. The maximum absolute atomic E-state index is 12.5. The van der Waals surface area contributed by atoms with Crippen molar-refractivity contribution in [2.24, 2.45) is 10.9 Å². The van der Waals surface area contributed by atoms with Crippen LogP contribution in [0.1, 0.15) is 25.0 Å². The lowest BCUT2D eigenvalue weighted by Crippen LogP contribution is -2.54. The quantitative estimate of drug-likeness (QED) is 0.223. The van der Waals surface area contributed by atoms with Crippen LogP contribution in [0, 0.1) is 5.92 Å². The molecule has 2 fully saturated rings. The van der Waals surface area contributed by atoms with Crippen LogP contribution >= 0.6 is 24.0 Å². The summed E-state index contributed by atoms with van der Waals surface area (Å²) < 4.78 is 36.8. The van der Waals surface area contributed by atoms with Crippen LogP contribution in [0.3, 0.4) is 0 Å². The number of aromatic nitrogens is 1. The second-order valence-electron chi connectivity index (χ2n) is 6.98. The molecule has 1 N–H and O–H groups in total. The summed E-state index contributed by atoms with van der Waals surface area (Å²) in [6.07, 6.45) is 4.93. The molecule has 0 aromatic carbocycles. The Morgan fingerprint density at radius 1 is 1.36 bits per heavy atom. The first-order valence-corrected chi connectivity index (χ1v) is 11.1. The van der Waals surface area contributed by atoms with Crippen molar-refractivity contribution < 1.29 is 17.7 Å². The van der Waals surface area contributed by atoms with Crippen molar-refractivity contribution in [3.63, 3.8) is 0 Å². The van der Waals surface area contributed by atoms with E-state index >= 15 is 0 Å². The van der Waals surface area contributed by atoms with Gasteiger partial charge in [0.1, 0.15) is 12.0 Å². The smallest absolute Gasteiger partial charge is 0.220 e. The van der Waals surface area contributed by atoms with Gasteiger partial charge in [-0.15, -0.1) is 24.0 Å². The minimum atomic E-state index is -3.38. The molecule has 0 bridgehead atoms. The van der Waals surface area contributed by atoms with Crippen LogP contribution in [-0.2, 0) is 20.5 Å². The SMILES string of the molecule is CN=C(NCCCOCC1CC1)N1CCN(S(=O)(=O)Cc2ccon2)CC1.I. The van der Waals surface area contributed by atoms with Crippen LogP contribution in [0.25, 0.3) is 0 Å². The van der Waals surface area contributed by atoms with Gasteiger partial charge in [-0.2, -0.15) is 4.31 Å². The summed E-state index contributed by atoms with van der Waals surface area (Å²) in [5.41, 5.74) is 0.429. The zero-order valence-electron chi connectivity index (χ0n) is 16.2. The first-order valence-electron chi connectivity index (χ1n) is 9.49. The maximum atomic E-state index is 12.5. The Balaban J connectivity index is 0.00000280. The average Bonchev–Trinajstić information content (AvgIpc) is 3.36. The number of aliphatic imine (C=N–C) groups is 1. The molecular formula is C17H30IN5O4S. The summed E-state index contributed by atoms with van der Waals surface area (Å²) in [5, 5.41) is 7.03. The molecule has 0 atom stereocenters. The Hall–Kier alpha value is -0.920. The first-order chi connectivity index (χ1) is 13.1. The number of rotatable bonds is 9. The van der Waals surface area contributed by atoms with Crippen LogP contribution < -0.4 is 5.32 Å². The Morgan fingerprint density at radius 3 is 2.71 bits per heavy atom. The molecule has 160 valence electrons. The molecule has 2 aliphatic rings. The Morgan fingerprint density at radius 2 is 2.11 bits per heavy atom. The number of hydrogen-bond donors (Lipinski definition) is 1. The van der Waals surface area contributed by atoms with E-state index in [9.17, 15) is 8.42 Å². The standard InChI is InChI=1S/C17H29N5O4S.HI/c1-18-17(19-6-2-11-25-13-15-3-4-15)21-7-9-22(10-8-21)27(23,24)14-16-5-12-26-20-16;/h5,12,15H,2-4,6-11,13-14H2,1H3,(H,18,19);1H. The van der Waals surface area contributed by atoms with E-state index in [-0.39, 0.29) is 29.7 Å². The molecule has 0 unspecified atom stereocenters. The van der Waals surface area contributed by atoms with E-state index in [0.717, 1.165) is 38.1 Å². The van der Waals surface area contributed by atoms with Crippen LogP contribution in [0.15, 0.2) is 21.8 Å². The van der Waals surface area contributed by atoms with Gasteiger partial charge in [-0.05, 0) is 25.2 Å². The second kappa shape index (κ2) is 11.3. The molecule has 1 saturated carbocycles. The lowest BCUT2D eigenvalue weighted by atomic mass is 10.4. The summed E-state index contributed by atoms with van der Waals surface area (Å²) >= 11 is 0. The van der Waals surface area contributed by atoms with Gasteiger partial charge in [-0.25, -0.2) is 8.42 Å². The summed E-state index contributed by atoms with van der Waals surface area (Å²) in [5.74, 6) is 1.48. The van der Waals surface area contributed by atoms with Gasteiger partial charge >= 0.3 is 0 Å². The molecule has 28 heavy (non-hydrogen) atoms. The largest absolute Gasteiger partial charge is 0.381 e. The van der Waals surface area contributed by atoms with E-state index in [1.165, 1.54) is 23.4 Å². The normalized spacial score (nSPS) is 18.8. The highest BCUT2D eigenvalue weighted by Gasteiger charge is 2.29. The minimum absolute atomic E-state index is 0. The summed E-state index contributed by atoms with van der Waals surface area (Å²) in [4.78, 5) is 6.41. The van der Waals surface area contributed by atoms with Gasteiger partial charge in [0.15, 0.2) is 5.96 Å². The highest BCUT2D eigenvalue weighted by Crippen LogP contribution is 2.28. The number of halogens is 1. The molecule has 1 saturated heterocycles. The van der Waals surface area contributed by atoms with Gasteiger partial charge < -0.3 is 19.5 Å². The number of ether oxygens (including phenoxy) is 1. The lowest BCUT2D eigenvalue weighted by Gasteiger charge is -2.35. The summed E-state index contributed by atoms with van der Waals surface area (Å²) in [6.45, 7) is 4.53. The number of sulfonamides is 1. The zero-order chi connectivity index (χ0) is 19.1. The van der Waals surface area contributed by atoms with Gasteiger partial charge in [0, 0.05) is 59.1 Å². The van der Waals surface area contributed by atoms with Crippen LogP contribution in [0.2, 0.25) is 0 Å². The van der Waals surface area contributed by atoms with Gasteiger partial charge in [-0.3, -0.25) is 4.99 Å². The summed E-state index contributed by atoms with van der Waals surface area (Å²) in [7, 11) is -1.63. The van der Waals surface area contributed by atoms with Gasteiger partial charge in [-0.1, -0.05) is 5.16 Å². The van der Waals surface area contributed by atoms with Crippen LogP contribution in [0.4, 0.5) is 0 Å². The van der Waals surface area contributed by atoms with E-state index in [2.05, 4.69) is 20.4 Å². The molecule has 0 spiro atoms. The predicted octanol–water partition coefficient (Wildman–Crippen LogP) is 1.13. The molecule has 2 heterocycles. The molecule has 3 rings (SSSR count). The minimum Gasteiger partial charge on any atom is -0.381 e. The average molecular weight is 527 g/mol. The Bertz CT molecular complexity index is 701. The van der Waals surface area contributed by atoms with Gasteiger partial charge in [0.2, 0.25) is 10.0 Å². The number of guanidine groups is 1. The number of hydrogen-bond acceptors (Lipinski definition) is 6. The fourth-order valence-electron chi connectivity index (χ4n) is 3.01. The van der Waals surface area contributed by atoms with Crippen molar-refractivity contribution in [2.45, 2.75) is 25.0 Å². The van der Waals surface area contributed by atoms with Crippen molar-refractivity contribution in [1.29, 1.82) is 0 Å². The van der Waals surface area contributed by atoms with E-state index in [0.29, 0.717) is 31.9 Å². The van der Waals surface area contributed by atoms with Gasteiger partial charge in [0.05, 0.1) is 5.69 Å². The third-order valence-electron chi connectivity index (χ3n) is 4.76. The Kier molecular flexibility index (Phi) is 9.44. The lowest BCUT2D eigenvalue weighted by molar-refractivity contribution is 0.122. The fraction of sp³-hybridized carbons (Fsp3) is 0.765. The number of nitrogens with zero attached hydrogens (tertiary/aromatic N) is 4. The van der Waals surface area contributed by atoms with Crippen LogP contribution in [0.5, 0.6) is 0 Å². The number of piperazine rings is 1. The molecule has 1 aliphatic heterocycles. The molecule has 0 radical (unpaired) electrons. The second-order valence-corrected chi connectivity index (χ2v) is 8.95. The molecule has 9 nitrogen and oxygen atoms in total. The number of nitrogens with one attached hydrogen (secondary N) is 1. The molecule has 1 aromatic rings. The third-order valence-corrected chi connectivity index (χ3v) is 6.58. The fourth-order valence-corrected chi connectivity index (χ4v) is 4.43. The van der Waals surface area contributed by atoms with Crippen molar-refractivity contribution >= 4 is 40.0 Å². The molecule has 1 aromatic heterocycles. The first kappa shape index (κ1) is 23.4. The van der Waals surface area contributed by atoms with Crippen molar-refractivity contribution in [3.8, 4) is 0 Å². The van der Waals surface area contributed by atoms with E-state index in [1.807, 2.05) is 0 Å². The van der Waals surface area contributed by atoms with Crippen molar-refractivity contribution in [3.05, 3.63) is 18.0 Å². The Labute approximate surface area is 183 Å². The van der Waals surface area contributed by atoms with Crippen molar-refractivity contribution in [1.82, 2.24) is 19.7 Å². The van der Waals surface area contributed by atoms with E-state index in [4.69, 9.17) is 9.26 Å². The maximum Gasteiger partial charge on any atom is 0.220 e. The van der Waals surface area contributed by atoms with E-state index < -0.39 is 10.0 Å². The highest BCUT2D eigenvalue weighted by molar-refractivity contribution is 14.0. The molecule has 1 aliphatic carbocycles. The highest BCUT2D eigenvalue weighted by atomic mass is 127. The molecule has 11 heteroatoms. The van der Waals surface area contributed by atoms with Crippen molar-refractivity contribution in [2.75, 3.05) is 53.0 Å². The molecule has 0 amide bonds. The van der Waals surface area contributed by atoms with E-state index in [1.54, 1.807) is 13.1 Å². The van der Waals surface area contributed by atoms with Crippen LogP contribution in [-0.4, -0.2) is 81.7 Å². The monoisotopic (exact) mass is 527 g/mol. The third kappa shape index (κ3) is 7.16. The van der Waals surface area contributed by atoms with Gasteiger partial charge in [0.25, 0.3) is 0 Å². The summed E-state index contributed by atoms with van der Waals surface area (Å²) in [6, 6.07) is 1.58. The molecular weight excluding hydrogens is 497 g/mol. The topological polar surface area (TPSA) is 100 Å². The zero-order valence-corrected chi connectivity index (χ0v) is 19.4.